The zero-order valence-corrected chi connectivity index (χ0v) is 12.3. The molecule has 0 radical (unpaired) electrons. The van der Waals surface area contributed by atoms with Crippen LogP contribution in [0.25, 0.3) is 0 Å². The van der Waals surface area contributed by atoms with E-state index in [9.17, 15) is 4.79 Å². The number of rotatable bonds is 8. The van der Waals surface area contributed by atoms with Gasteiger partial charge in [0.15, 0.2) is 0 Å². The van der Waals surface area contributed by atoms with Crippen molar-refractivity contribution < 1.29 is 4.79 Å². The van der Waals surface area contributed by atoms with Gasteiger partial charge in [-0.3, -0.25) is 4.79 Å². The van der Waals surface area contributed by atoms with E-state index in [-0.39, 0.29) is 5.91 Å². The summed E-state index contributed by atoms with van der Waals surface area (Å²) in [7, 11) is 4.06. The lowest BCUT2D eigenvalue weighted by molar-refractivity contribution is -0.123. The van der Waals surface area contributed by atoms with Crippen molar-refractivity contribution in [3.05, 3.63) is 35.9 Å². The van der Waals surface area contributed by atoms with E-state index >= 15 is 0 Å². The van der Waals surface area contributed by atoms with Crippen molar-refractivity contribution in [1.82, 2.24) is 10.2 Å². The summed E-state index contributed by atoms with van der Waals surface area (Å²) in [6.45, 7) is 1.65. The van der Waals surface area contributed by atoms with Crippen LogP contribution in [-0.4, -0.2) is 38.0 Å². The van der Waals surface area contributed by atoms with Gasteiger partial charge in [0, 0.05) is 6.54 Å². The molecule has 1 N–H and O–H groups in total. The Balaban J connectivity index is 2.31. The number of amides is 1. The second-order valence-electron chi connectivity index (χ2n) is 5.17. The van der Waals surface area contributed by atoms with E-state index in [1.165, 1.54) is 0 Å². The van der Waals surface area contributed by atoms with Crippen LogP contribution in [0.3, 0.4) is 0 Å². The summed E-state index contributed by atoms with van der Waals surface area (Å²) in [6, 6.07) is 11.7. The molecule has 0 saturated heterocycles. The van der Waals surface area contributed by atoms with Crippen LogP contribution in [0.1, 0.15) is 18.4 Å². The minimum Gasteiger partial charge on any atom is -0.355 e. The van der Waals surface area contributed by atoms with E-state index < -0.39 is 5.92 Å². The number of nitrogens with one attached hydrogen (secondary N) is 1. The molecule has 4 nitrogen and oxygen atoms in total. The maximum Gasteiger partial charge on any atom is 0.237 e. The molecule has 0 aliphatic rings. The topological polar surface area (TPSA) is 56.1 Å². The van der Waals surface area contributed by atoms with E-state index in [1.54, 1.807) is 0 Å². The molecule has 0 aliphatic carbocycles. The second kappa shape index (κ2) is 9.11. The molecule has 1 aromatic carbocycles. The number of benzene rings is 1. The van der Waals surface area contributed by atoms with Crippen LogP contribution in [-0.2, 0) is 11.2 Å². The van der Waals surface area contributed by atoms with Crippen LogP contribution in [0.2, 0.25) is 0 Å². The molecule has 1 aromatic rings. The lowest BCUT2D eigenvalue weighted by Gasteiger charge is -2.11. The first-order chi connectivity index (χ1) is 9.63. The summed E-state index contributed by atoms with van der Waals surface area (Å²) >= 11 is 0. The monoisotopic (exact) mass is 273 g/mol. The maximum atomic E-state index is 11.9. The number of carbonyl (C=O) groups excluding carboxylic acids is 1. The summed E-state index contributed by atoms with van der Waals surface area (Å²) in [4.78, 5) is 14.1. The van der Waals surface area contributed by atoms with Gasteiger partial charge in [-0.05, 0) is 45.5 Å². The van der Waals surface area contributed by atoms with Gasteiger partial charge < -0.3 is 10.2 Å². The molecule has 0 fully saturated rings. The zero-order valence-electron chi connectivity index (χ0n) is 12.3. The molecule has 1 amide bonds. The van der Waals surface area contributed by atoms with Crippen LogP contribution in [0.5, 0.6) is 0 Å². The van der Waals surface area contributed by atoms with Gasteiger partial charge in [0.1, 0.15) is 5.92 Å². The number of nitriles is 1. The minimum absolute atomic E-state index is 0.166. The van der Waals surface area contributed by atoms with Gasteiger partial charge in [0.2, 0.25) is 5.91 Å². The summed E-state index contributed by atoms with van der Waals surface area (Å²) in [5.74, 6) is -0.771. The first-order valence-electron chi connectivity index (χ1n) is 6.99. The highest BCUT2D eigenvalue weighted by molar-refractivity contribution is 5.81. The third kappa shape index (κ3) is 6.35. The molecule has 108 valence electrons. The standard InChI is InChI=1S/C16H23N3O/c1-19(2)11-7-6-10-18-16(20)15(13-17)12-14-8-4-3-5-9-14/h3-5,8-9,15H,6-7,10-12H2,1-2H3,(H,18,20). The fourth-order valence-corrected chi connectivity index (χ4v) is 1.93. The molecular weight excluding hydrogens is 250 g/mol. The van der Waals surface area contributed by atoms with Crippen molar-refractivity contribution in [2.75, 3.05) is 27.2 Å². The highest BCUT2D eigenvalue weighted by Crippen LogP contribution is 2.08. The average Bonchev–Trinajstić information content (AvgIpc) is 2.45. The Labute approximate surface area is 121 Å². The van der Waals surface area contributed by atoms with Crippen LogP contribution < -0.4 is 5.32 Å². The lowest BCUT2D eigenvalue weighted by atomic mass is 10.00. The highest BCUT2D eigenvalue weighted by Gasteiger charge is 2.17. The average molecular weight is 273 g/mol. The minimum atomic E-state index is -0.605. The first kappa shape index (κ1) is 16.2. The molecule has 1 atom stereocenters. The third-order valence-electron chi connectivity index (χ3n) is 3.09. The number of hydrogen-bond acceptors (Lipinski definition) is 3. The quantitative estimate of drug-likeness (QED) is 0.735. The maximum absolute atomic E-state index is 11.9. The van der Waals surface area contributed by atoms with Gasteiger partial charge >= 0.3 is 0 Å². The third-order valence-corrected chi connectivity index (χ3v) is 3.09. The zero-order chi connectivity index (χ0) is 14.8. The molecule has 1 unspecified atom stereocenters. The fourth-order valence-electron chi connectivity index (χ4n) is 1.93. The molecule has 0 bridgehead atoms. The summed E-state index contributed by atoms with van der Waals surface area (Å²) in [5, 5.41) is 12.0. The van der Waals surface area contributed by atoms with Crippen molar-refractivity contribution in [1.29, 1.82) is 5.26 Å². The van der Waals surface area contributed by atoms with E-state index in [2.05, 4.69) is 16.3 Å². The fraction of sp³-hybridized carbons (Fsp3) is 0.500. The number of carbonyl (C=O) groups is 1. The predicted molar refractivity (Wildman–Crippen MR) is 80.0 cm³/mol. The van der Waals surface area contributed by atoms with Crippen LogP contribution >= 0.6 is 0 Å². The second-order valence-corrected chi connectivity index (χ2v) is 5.17. The van der Waals surface area contributed by atoms with Gasteiger partial charge in [-0.2, -0.15) is 5.26 Å². The summed E-state index contributed by atoms with van der Waals surface area (Å²) in [6.07, 6.45) is 2.46. The van der Waals surface area contributed by atoms with Gasteiger partial charge in [-0.25, -0.2) is 0 Å². The lowest BCUT2D eigenvalue weighted by Crippen LogP contribution is -2.32. The van der Waals surface area contributed by atoms with Crippen molar-refractivity contribution in [3.63, 3.8) is 0 Å². The van der Waals surface area contributed by atoms with E-state index in [1.807, 2.05) is 44.4 Å². The van der Waals surface area contributed by atoms with E-state index in [4.69, 9.17) is 5.26 Å². The van der Waals surface area contributed by atoms with Crippen LogP contribution in [0.4, 0.5) is 0 Å². The molecule has 20 heavy (non-hydrogen) atoms. The van der Waals surface area contributed by atoms with E-state index in [0.29, 0.717) is 13.0 Å². The summed E-state index contributed by atoms with van der Waals surface area (Å²) in [5.41, 5.74) is 1.02. The van der Waals surface area contributed by atoms with Gasteiger partial charge in [0.05, 0.1) is 6.07 Å². The van der Waals surface area contributed by atoms with E-state index in [0.717, 1.165) is 24.9 Å². The molecule has 0 aromatic heterocycles. The number of unbranched alkanes of at least 4 members (excludes halogenated alkanes) is 1. The molecule has 0 heterocycles. The largest absolute Gasteiger partial charge is 0.355 e. The molecule has 4 heteroatoms. The first-order valence-corrected chi connectivity index (χ1v) is 6.99. The Morgan fingerprint density at radius 3 is 2.60 bits per heavy atom. The summed E-state index contributed by atoms with van der Waals surface area (Å²) < 4.78 is 0. The Kier molecular flexibility index (Phi) is 7.38. The van der Waals surface area contributed by atoms with Gasteiger partial charge in [-0.1, -0.05) is 30.3 Å². The van der Waals surface area contributed by atoms with Crippen molar-refractivity contribution in [2.45, 2.75) is 19.3 Å². The molecule has 1 rings (SSSR count). The Bertz CT molecular complexity index is 437. The van der Waals surface area contributed by atoms with Gasteiger partial charge in [0.25, 0.3) is 0 Å². The smallest absolute Gasteiger partial charge is 0.237 e. The SMILES string of the molecule is CN(C)CCCCNC(=O)C(C#N)Cc1ccccc1. The number of hydrogen-bond donors (Lipinski definition) is 1. The van der Waals surface area contributed by atoms with Crippen molar-refractivity contribution in [2.24, 2.45) is 5.92 Å². The Morgan fingerprint density at radius 1 is 1.30 bits per heavy atom. The Hall–Kier alpha value is -1.86. The van der Waals surface area contributed by atoms with Crippen LogP contribution in [0, 0.1) is 17.2 Å². The van der Waals surface area contributed by atoms with Crippen molar-refractivity contribution >= 4 is 5.91 Å². The molecule has 0 aliphatic heterocycles. The van der Waals surface area contributed by atoms with Crippen LogP contribution in [0.15, 0.2) is 30.3 Å². The van der Waals surface area contributed by atoms with Crippen molar-refractivity contribution in [3.8, 4) is 6.07 Å². The highest BCUT2D eigenvalue weighted by atomic mass is 16.1. The number of nitrogens with zero attached hydrogens (tertiary/aromatic N) is 2. The molecule has 0 spiro atoms. The van der Waals surface area contributed by atoms with Gasteiger partial charge in [-0.15, -0.1) is 0 Å². The molecule has 0 saturated carbocycles. The predicted octanol–water partition coefficient (Wildman–Crippen LogP) is 1.83. The normalized spacial score (nSPS) is 11.9. The molecular formula is C16H23N3O. The Morgan fingerprint density at radius 2 is 2.00 bits per heavy atom.